The SMILES string of the molecule is CSCC[C@H](NS(=O)(=O)c1ccc(Cl)c(Cl)c1)C(=O)Nc1nc(C)c(C)s1. The van der Waals surface area contributed by atoms with Gasteiger partial charge in [0.15, 0.2) is 5.13 Å². The van der Waals surface area contributed by atoms with Crippen molar-refractivity contribution in [2.45, 2.75) is 31.2 Å². The average Bonchev–Trinajstić information content (AvgIpc) is 2.91. The zero-order chi connectivity index (χ0) is 20.2. The number of amides is 1. The number of thiazole rings is 1. The van der Waals surface area contributed by atoms with Crippen LogP contribution >= 0.6 is 46.3 Å². The second-order valence-electron chi connectivity index (χ2n) is 5.68. The van der Waals surface area contributed by atoms with Crippen molar-refractivity contribution in [1.82, 2.24) is 9.71 Å². The van der Waals surface area contributed by atoms with Crippen molar-refractivity contribution in [3.8, 4) is 0 Å². The molecule has 148 valence electrons. The first kappa shape index (κ1) is 22.4. The molecule has 0 spiro atoms. The van der Waals surface area contributed by atoms with E-state index in [2.05, 4.69) is 15.0 Å². The van der Waals surface area contributed by atoms with Gasteiger partial charge in [0, 0.05) is 4.88 Å². The Balaban J connectivity index is 2.21. The molecular weight excluding hydrogens is 449 g/mol. The molecule has 0 aliphatic heterocycles. The summed E-state index contributed by atoms with van der Waals surface area (Å²) in [6.45, 7) is 3.75. The molecule has 0 aliphatic rings. The fraction of sp³-hybridized carbons (Fsp3) is 0.375. The summed E-state index contributed by atoms with van der Waals surface area (Å²) in [5, 5.41) is 3.51. The van der Waals surface area contributed by atoms with Crippen LogP contribution in [0.2, 0.25) is 10.0 Å². The van der Waals surface area contributed by atoms with Gasteiger partial charge in [-0.15, -0.1) is 11.3 Å². The molecule has 1 aromatic heterocycles. The van der Waals surface area contributed by atoms with Crippen molar-refractivity contribution in [2.24, 2.45) is 0 Å². The number of hydrogen-bond donors (Lipinski definition) is 2. The zero-order valence-corrected chi connectivity index (χ0v) is 18.8. The standard InChI is InChI=1S/C16H19Cl2N3O3S3/c1-9-10(2)26-16(19-9)20-15(22)14(6-7-25-3)21-27(23,24)11-4-5-12(17)13(18)8-11/h4-5,8,14,21H,6-7H2,1-3H3,(H,19,20,22)/t14-/m0/s1. The molecule has 0 unspecified atom stereocenters. The number of nitrogens with zero attached hydrogens (tertiary/aromatic N) is 1. The summed E-state index contributed by atoms with van der Waals surface area (Å²) in [6.07, 6.45) is 2.22. The van der Waals surface area contributed by atoms with Crippen LogP contribution in [0.25, 0.3) is 0 Å². The maximum absolute atomic E-state index is 12.7. The summed E-state index contributed by atoms with van der Waals surface area (Å²) in [6, 6.07) is 3.05. The van der Waals surface area contributed by atoms with E-state index in [-0.39, 0.29) is 14.9 Å². The second-order valence-corrected chi connectivity index (χ2v) is 10.4. The molecule has 0 aliphatic carbocycles. The van der Waals surface area contributed by atoms with Crippen LogP contribution in [0.5, 0.6) is 0 Å². The van der Waals surface area contributed by atoms with Gasteiger partial charge in [-0.1, -0.05) is 23.2 Å². The van der Waals surface area contributed by atoms with E-state index in [0.29, 0.717) is 17.3 Å². The Labute approximate surface area is 177 Å². The van der Waals surface area contributed by atoms with Gasteiger partial charge in [-0.2, -0.15) is 16.5 Å². The van der Waals surface area contributed by atoms with Gasteiger partial charge < -0.3 is 5.32 Å². The van der Waals surface area contributed by atoms with Gasteiger partial charge in [0.25, 0.3) is 0 Å². The molecule has 1 atom stereocenters. The lowest BCUT2D eigenvalue weighted by Crippen LogP contribution is -2.44. The molecule has 1 amide bonds. The maximum Gasteiger partial charge on any atom is 0.244 e. The van der Waals surface area contributed by atoms with Crippen molar-refractivity contribution in [3.05, 3.63) is 38.8 Å². The second kappa shape index (κ2) is 9.58. The van der Waals surface area contributed by atoms with Crippen LogP contribution in [-0.4, -0.2) is 37.4 Å². The molecule has 1 heterocycles. The summed E-state index contributed by atoms with van der Waals surface area (Å²) >= 11 is 14.6. The zero-order valence-electron chi connectivity index (χ0n) is 14.9. The van der Waals surface area contributed by atoms with E-state index in [0.717, 1.165) is 10.6 Å². The highest BCUT2D eigenvalue weighted by Gasteiger charge is 2.26. The predicted molar refractivity (Wildman–Crippen MR) is 114 cm³/mol. The summed E-state index contributed by atoms with van der Waals surface area (Å²) in [7, 11) is -3.95. The number of halogens is 2. The van der Waals surface area contributed by atoms with Crippen molar-refractivity contribution in [2.75, 3.05) is 17.3 Å². The van der Waals surface area contributed by atoms with Crippen molar-refractivity contribution >= 4 is 67.4 Å². The highest BCUT2D eigenvalue weighted by atomic mass is 35.5. The van der Waals surface area contributed by atoms with E-state index in [1.54, 1.807) is 0 Å². The number of aryl methyl sites for hydroxylation is 2. The first-order chi connectivity index (χ1) is 12.6. The molecule has 2 aromatic rings. The molecule has 6 nitrogen and oxygen atoms in total. The maximum atomic E-state index is 12.7. The summed E-state index contributed by atoms with van der Waals surface area (Å²) in [5.41, 5.74) is 0.826. The van der Waals surface area contributed by atoms with Gasteiger partial charge in [-0.3, -0.25) is 4.79 Å². The minimum Gasteiger partial charge on any atom is -0.301 e. The van der Waals surface area contributed by atoms with E-state index in [1.807, 2.05) is 20.1 Å². The van der Waals surface area contributed by atoms with Crippen LogP contribution in [0.3, 0.4) is 0 Å². The Morgan fingerprint density at radius 2 is 2.00 bits per heavy atom. The third-order valence-corrected chi connectivity index (χ3v) is 7.53. The highest BCUT2D eigenvalue weighted by Crippen LogP contribution is 2.25. The lowest BCUT2D eigenvalue weighted by molar-refractivity contribution is -0.117. The van der Waals surface area contributed by atoms with Crippen molar-refractivity contribution in [3.63, 3.8) is 0 Å². The van der Waals surface area contributed by atoms with Gasteiger partial charge >= 0.3 is 0 Å². The lowest BCUT2D eigenvalue weighted by Gasteiger charge is -2.17. The molecular formula is C16H19Cl2N3O3S3. The van der Waals surface area contributed by atoms with Gasteiger partial charge in [0.05, 0.1) is 20.6 Å². The molecule has 0 bridgehead atoms. The summed E-state index contributed by atoms with van der Waals surface area (Å²) in [5.74, 6) is 0.152. The Morgan fingerprint density at radius 1 is 1.30 bits per heavy atom. The lowest BCUT2D eigenvalue weighted by atomic mass is 10.2. The van der Waals surface area contributed by atoms with Crippen LogP contribution < -0.4 is 10.0 Å². The molecule has 1 aromatic carbocycles. The topological polar surface area (TPSA) is 88.2 Å². The largest absolute Gasteiger partial charge is 0.301 e. The van der Waals surface area contributed by atoms with E-state index in [1.165, 1.54) is 41.3 Å². The van der Waals surface area contributed by atoms with Crippen LogP contribution in [0.1, 0.15) is 17.0 Å². The number of carbonyl (C=O) groups is 1. The number of benzene rings is 1. The number of sulfonamides is 1. The quantitative estimate of drug-likeness (QED) is 0.609. The minimum absolute atomic E-state index is 0.0558. The molecule has 0 fully saturated rings. The van der Waals surface area contributed by atoms with Crippen molar-refractivity contribution < 1.29 is 13.2 Å². The summed E-state index contributed by atoms with van der Waals surface area (Å²) in [4.78, 5) is 17.8. The van der Waals surface area contributed by atoms with E-state index in [9.17, 15) is 13.2 Å². The number of nitrogens with one attached hydrogen (secondary N) is 2. The summed E-state index contributed by atoms with van der Waals surface area (Å²) < 4.78 is 27.8. The third kappa shape index (κ3) is 6.07. The molecule has 2 N–H and O–H groups in total. The number of anilines is 1. The Kier molecular flexibility index (Phi) is 7.96. The molecule has 2 rings (SSSR count). The molecule has 11 heteroatoms. The Bertz CT molecular complexity index is 913. The van der Waals surface area contributed by atoms with E-state index in [4.69, 9.17) is 23.2 Å². The van der Waals surface area contributed by atoms with Gasteiger partial charge in [0.1, 0.15) is 6.04 Å². The van der Waals surface area contributed by atoms with Crippen molar-refractivity contribution in [1.29, 1.82) is 0 Å². The number of aromatic nitrogens is 1. The fourth-order valence-electron chi connectivity index (χ4n) is 2.10. The van der Waals surface area contributed by atoms with Crippen LogP contribution in [0.4, 0.5) is 5.13 Å². The minimum atomic E-state index is -3.95. The van der Waals surface area contributed by atoms with Gasteiger partial charge in [0.2, 0.25) is 15.9 Å². The Morgan fingerprint density at radius 3 is 2.56 bits per heavy atom. The van der Waals surface area contributed by atoms with Gasteiger partial charge in [-0.05, 0) is 50.5 Å². The number of carbonyl (C=O) groups excluding carboxylic acids is 1. The fourth-order valence-corrected chi connectivity index (χ4v) is 5.00. The number of thioether (sulfide) groups is 1. The predicted octanol–water partition coefficient (Wildman–Crippen LogP) is 4.11. The Hall–Kier alpha value is -0.840. The third-order valence-electron chi connectivity index (χ3n) is 3.68. The number of rotatable bonds is 8. The van der Waals surface area contributed by atoms with E-state index < -0.39 is 22.0 Å². The molecule has 0 saturated carbocycles. The number of hydrogen-bond acceptors (Lipinski definition) is 6. The van der Waals surface area contributed by atoms with E-state index >= 15 is 0 Å². The van der Waals surface area contributed by atoms with Crippen LogP contribution in [0.15, 0.2) is 23.1 Å². The average molecular weight is 468 g/mol. The van der Waals surface area contributed by atoms with Crippen LogP contribution in [0, 0.1) is 13.8 Å². The molecule has 0 saturated heterocycles. The highest BCUT2D eigenvalue weighted by molar-refractivity contribution is 7.98. The normalized spacial score (nSPS) is 12.8. The van der Waals surface area contributed by atoms with Crippen LogP contribution in [-0.2, 0) is 14.8 Å². The smallest absolute Gasteiger partial charge is 0.244 e. The first-order valence-electron chi connectivity index (χ1n) is 7.85. The first-order valence-corrected chi connectivity index (χ1v) is 12.3. The monoisotopic (exact) mass is 467 g/mol. The van der Waals surface area contributed by atoms with Gasteiger partial charge in [-0.25, -0.2) is 13.4 Å². The molecule has 27 heavy (non-hydrogen) atoms. The molecule has 0 radical (unpaired) electrons.